The van der Waals surface area contributed by atoms with Gasteiger partial charge < -0.3 is 10.1 Å². The summed E-state index contributed by atoms with van der Waals surface area (Å²) in [4.78, 5) is 11.7. The number of carbonyl (C=O) groups is 1. The number of hydrogen-bond donors (Lipinski definition) is 1. The fraction of sp³-hybridized carbons (Fsp3) is 0.923. The summed E-state index contributed by atoms with van der Waals surface area (Å²) < 4.78 is 40.1. The molecule has 1 atom stereocenters. The van der Waals surface area contributed by atoms with Crippen molar-refractivity contribution in [3.8, 4) is 0 Å². The molecule has 116 valence electrons. The number of halogens is 1. The third kappa shape index (κ3) is 3.31. The van der Waals surface area contributed by atoms with Crippen LogP contribution in [0.15, 0.2) is 0 Å². The molecule has 20 heavy (non-hydrogen) atoms. The number of cyclic esters (lactones) is 1. The van der Waals surface area contributed by atoms with Gasteiger partial charge in [-0.15, -0.1) is 3.89 Å². The van der Waals surface area contributed by atoms with Crippen LogP contribution in [-0.4, -0.2) is 37.3 Å². The van der Waals surface area contributed by atoms with Gasteiger partial charge in [0.25, 0.3) is 0 Å². The van der Waals surface area contributed by atoms with E-state index in [-0.39, 0.29) is 17.5 Å². The van der Waals surface area contributed by atoms with Gasteiger partial charge in [0.2, 0.25) is 0 Å². The summed E-state index contributed by atoms with van der Waals surface area (Å²) >= 11 is 0. The summed E-state index contributed by atoms with van der Waals surface area (Å²) in [6, 6.07) is 0. The Morgan fingerprint density at radius 1 is 1.25 bits per heavy atom. The van der Waals surface area contributed by atoms with Gasteiger partial charge in [0, 0.05) is 16.5 Å². The Kier molecular flexibility index (Phi) is 3.45. The molecule has 1 N–H and O–H groups in total. The average Bonchev–Trinajstić information content (AvgIpc) is 2.31. The maximum Gasteiger partial charge on any atom is 0.306 e. The average molecular weight is 307 g/mol. The highest BCUT2D eigenvalue weighted by molar-refractivity contribution is 7.86. The molecule has 2 aliphatic heterocycles. The Morgan fingerprint density at radius 2 is 1.75 bits per heavy atom. The highest BCUT2D eigenvalue weighted by atomic mass is 32.3. The van der Waals surface area contributed by atoms with E-state index >= 15 is 0 Å². The minimum absolute atomic E-state index is 0.154. The molecular formula is C13H22FNO4S. The first-order valence-corrected chi connectivity index (χ1v) is 8.29. The standard InChI is InChI=1S/C13H22FNO4S/c1-11(2)7-13(8-12(3,4)15-11)5-10(16)19-9(13)6-20(14,17)18/h9,15H,5-8H2,1-4H3. The first kappa shape index (κ1) is 15.7. The van der Waals surface area contributed by atoms with Crippen molar-refractivity contribution in [2.75, 3.05) is 5.75 Å². The number of ether oxygens (including phenoxy) is 1. The SMILES string of the molecule is CC1(C)CC2(CC(=O)OC2CS(=O)(=O)F)CC(C)(C)N1. The maximum atomic E-state index is 13.1. The molecule has 2 rings (SSSR count). The number of rotatable bonds is 2. The second kappa shape index (κ2) is 4.40. The summed E-state index contributed by atoms with van der Waals surface area (Å²) in [6.07, 6.45) is 0.414. The van der Waals surface area contributed by atoms with Crippen LogP contribution in [0.4, 0.5) is 3.89 Å². The lowest BCUT2D eigenvalue weighted by Crippen LogP contribution is -2.63. The Hall–Kier alpha value is -0.690. The smallest absolute Gasteiger partial charge is 0.306 e. The van der Waals surface area contributed by atoms with Crippen molar-refractivity contribution in [2.45, 2.75) is 64.1 Å². The van der Waals surface area contributed by atoms with Gasteiger partial charge in [-0.3, -0.25) is 4.79 Å². The number of carbonyl (C=O) groups excluding carboxylic acids is 1. The molecule has 1 spiro atoms. The van der Waals surface area contributed by atoms with Crippen LogP contribution >= 0.6 is 0 Å². The molecule has 0 aromatic rings. The first-order valence-electron chi connectivity index (χ1n) is 6.74. The van der Waals surface area contributed by atoms with Crippen LogP contribution in [0.3, 0.4) is 0 Å². The molecule has 0 amide bonds. The van der Waals surface area contributed by atoms with Gasteiger partial charge in [-0.05, 0) is 40.5 Å². The second-order valence-corrected chi connectivity index (χ2v) is 8.88. The Labute approximate surface area is 119 Å². The van der Waals surface area contributed by atoms with E-state index in [1.54, 1.807) is 0 Å². The van der Waals surface area contributed by atoms with E-state index in [0.717, 1.165) is 0 Å². The van der Waals surface area contributed by atoms with E-state index in [1.165, 1.54) is 0 Å². The summed E-state index contributed by atoms with van der Waals surface area (Å²) in [7, 11) is -4.68. The normalized spacial score (nSPS) is 31.2. The highest BCUT2D eigenvalue weighted by Crippen LogP contribution is 2.51. The van der Waals surface area contributed by atoms with Crippen molar-refractivity contribution in [1.29, 1.82) is 0 Å². The van der Waals surface area contributed by atoms with Crippen LogP contribution in [0.1, 0.15) is 47.0 Å². The second-order valence-electron chi connectivity index (χ2n) is 7.47. The van der Waals surface area contributed by atoms with E-state index < -0.39 is 33.5 Å². The number of nitrogens with one attached hydrogen (secondary N) is 1. The zero-order chi connectivity index (χ0) is 15.4. The summed E-state index contributed by atoms with van der Waals surface area (Å²) in [5, 5.41) is 3.47. The summed E-state index contributed by atoms with van der Waals surface area (Å²) in [5.74, 6) is -1.18. The van der Waals surface area contributed by atoms with E-state index in [2.05, 4.69) is 5.32 Å². The van der Waals surface area contributed by atoms with Gasteiger partial charge in [-0.2, -0.15) is 8.42 Å². The minimum Gasteiger partial charge on any atom is -0.461 e. The molecule has 0 radical (unpaired) electrons. The lowest BCUT2D eigenvalue weighted by molar-refractivity contribution is -0.141. The molecule has 0 aromatic heterocycles. The zero-order valence-electron chi connectivity index (χ0n) is 12.3. The minimum atomic E-state index is -4.68. The van der Waals surface area contributed by atoms with Crippen LogP contribution in [0.2, 0.25) is 0 Å². The van der Waals surface area contributed by atoms with Crippen molar-refractivity contribution in [3.63, 3.8) is 0 Å². The van der Waals surface area contributed by atoms with Gasteiger partial charge in [-0.1, -0.05) is 0 Å². The van der Waals surface area contributed by atoms with Gasteiger partial charge in [0.15, 0.2) is 0 Å². The Morgan fingerprint density at radius 3 is 2.20 bits per heavy atom. The number of hydrogen-bond acceptors (Lipinski definition) is 5. The fourth-order valence-electron chi connectivity index (χ4n) is 4.30. The molecule has 2 fully saturated rings. The molecule has 0 saturated carbocycles. The lowest BCUT2D eigenvalue weighted by atomic mass is 9.62. The quantitative estimate of drug-likeness (QED) is 0.619. The van der Waals surface area contributed by atoms with Crippen molar-refractivity contribution in [3.05, 3.63) is 0 Å². The molecule has 5 nitrogen and oxygen atoms in total. The van der Waals surface area contributed by atoms with Crippen LogP contribution in [-0.2, 0) is 19.8 Å². The summed E-state index contributed by atoms with van der Waals surface area (Å²) in [5.41, 5.74) is -1.16. The first-order chi connectivity index (χ1) is 8.83. The Balaban J connectivity index is 2.37. The maximum absolute atomic E-state index is 13.1. The molecule has 0 bridgehead atoms. The van der Waals surface area contributed by atoms with Gasteiger partial charge in [0.1, 0.15) is 11.9 Å². The molecule has 1 unspecified atom stereocenters. The van der Waals surface area contributed by atoms with Crippen molar-refractivity contribution >= 4 is 16.2 Å². The van der Waals surface area contributed by atoms with Crippen LogP contribution in [0.25, 0.3) is 0 Å². The molecule has 7 heteroatoms. The number of piperidine rings is 1. The highest BCUT2D eigenvalue weighted by Gasteiger charge is 2.57. The topological polar surface area (TPSA) is 72.5 Å². The van der Waals surface area contributed by atoms with Gasteiger partial charge >= 0.3 is 16.2 Å². The van der Waals surface area contributed by atoms with E-state index in [0.29, 0.717) is 12.8 Å². The largest absolute Gasteiger partial charge is 0.461 e. The number of esters is 1. The van der Waals surface area contributed by atoms with Crippen LogP contribution in [0.5, 0.6) is 0 Å². The molecule has 2 saturated heterocycles. The van der Waals surface area contributed by atoms with Gasteiger partial charge in [-0.25, -0.2) is 0 Å². The van der Waals surface area contributed by atoms with Crippen molar-refractivity contribution < 1.29 is 21.8 Å². The fourth-order valence-corrected chi connectivity index (χ4v) is 5.08. The van der Waals surface area contributed by atoms with Gasteiger partial charge in [0.05, 0.1) is 6.42 Å². The van der Waals surface area contributed by atoms with E-state index in [4.69, 9.17) is 4.74 Å². The van der Waals surface area contributed by atoms with Crippen LogP contribution in [0, 0.1) is 5.41 Å². The molecule has 2 aliphatic rings. The van der Waals surface area contributed by atoms with E-state index in [1.807, 2.05) is 27.7 Å². The molecular weight excluding hydrogens is 285 g/mol. The molecule has 2 heterocycles. The molecule has 0 aliphatic carbocycles. The monoisotopic (exact) mass is 307 g/mol. The third-order valence-corrected chi connectivity index (χ3v) is 4.77. The molecule has 0 aromatic carbocycles. The van der Waals surface area contributed by atoms with Crippen LogP contribution < -0.4 is 5.32 Å². The predicted molar refractivity (Wildman–Crippen MR) is 72.4 cm³/mol. The zero-order valence-corrected chi connectivity index (χ0v) is 13.1. The predicted octanol–water partition coefficient (Wildman–Crippen LogP) is 1.53. The Bertz CT molecular complexity index is 510. The third-order valence-electron chi connectivity index (χ3n) is 4.07. The summed E-state index contributed by atoms with van der Waals surface area (Å²) in [6.45, 7) is 8.00. The van der Waals surface area contributed by atoms with Crippen molar-refractivity contribution in [2.24, 2.45) is 5.41 Å². The van der Waals surface area contributed by atoms with E-state index in [9.17, 15) is 17.1 Å². The lowest BCUT2D eigenvalue weighted by Gasteiger charge is -2.52. The van der Waals surface area contributed by atoms with Crippen molar-refractivity contribution in [1.82, 2.24) is 5.32 Å².